The highest BCUT2D eigenvalue weighted by Crippen LogP contribution is 2.28. The highest BCUT2D eigenvalue weighted by Gasteiger charge is 2.27. The molecule has 7 nitrogen and oxygen atoms in total. The van der Waals surface area contributed by atoms with Gasteiger partial charge in [0.2, 0.25) is 5.91 Å². The van der Waals surface area contributed by atoms with E-state index in [4.69, 9.17) is 4.74 Å². The van der Waals surface area contributed by atoms with Crippen molar-refractivity contribution in [3.63, 3.8) is 0 Å². The number of hydrogen-bond acceptors (Lipinski definition) is 4. The minimum atomic E-state index is -0.451. The molecular formula is C21H19N3O4. The number of anilines is 2. The van der Waals surface area contributed by atoms with E-state index in [1.54, 1.807) is 24.3 Å². The van der Waals surface area contributed by atoms with Crippen molar-refractivity contribution >= 4 is 40.1 Å². The molecule has 0 atom stereocenters. The van der Waals surface area contributed by atoms with E-state index in [1.165, 1.54) is 4.90 Å². The van der Waals surface area contributed by atoms with Gasteiger partial charge in [-0.15, -0.1) is 0 Å². The summed E-state index contributed by atoms with van der Waals surface area (Å²) in [7, 11) is 0. The summed E-state index contributed by atoms with van der Waals surface area (Å²) < 4.78 is 5.15. The molecule has 0 aliphatic carbocycles. The zero-order valence-electron chi connectivity index (χ0n) is 15.1. The first-order valence-electron chi connectivity index (χ1n) is 9.01. The zero-order chi connectivity index (χ0) is 19.5. The van der Waals surface area contributed by atoms with Crippen LogP contribution in [0.25, 0.3) is 10.9 Å². The minimum absolute atomic E-state index is 0.0945. The Bertz CT molecular complexity index is 1060. The molecular weight excluding hydrogens is 358 g/mol. The summed E-state index contributed by atoms with van der Waals surface area (Å²) >= 11 is 0. The number of esters is 1. The lowest BCUT2D eigenvalue weighted by Gasteiger charge is -2.28. The van der Waals surface area contributed by atoms with Gasteiger partial charge in [0.15, 0.2) is 6.61 Å². The number of nitrogens with zero attached hydrogens (tertiary/aromatic N) is 1. The Balaban J connectivity index is 1.34. The molecule has 0 spiro atoms. The maximum absolute atomic E-state index is 12.5. The second kappa shape index (κ2) is 7.56. The minimum Gasteiger partial charge on any atom is -0.456 e. The highest BCUT2D eigenvalue weighted by atomic mass is 16.5. The van der Waals surface area contributed by atoms with E-state index in [0.29, 0.717) is 17.8 Å². The van der Waals surface area contributed by atoms with Crippen LogP contribution in [0.15, 0.2) is 54.7 Å². The Morgan fingerprint density at radius 1 is 1.07 bits per heavy atom. The van der Waals surface area contributed by atoms with Crippen molar-refractivity contribution in [2.45, 2.75) is 12.8 Å². The van der Waals surface area contributed by atoms with Gasteiger partial charge in [-0.2, -0.15) is 0 Å². The number of aromatic nitrogens is 1. The van der Waals surface area contributed by atoms with Gasteiger partial charge in [0, 0.05) is 23.5 Å². The van der Waals surface area contributed by atoms with E-state index >= 15 is 0 Å². The first-order chi connectivity index (χ1) is 13.6. The standard InChI is InChI=1S/C21H19N3O4/c25-19-12-24(18-8-4-3-7-17(18)23-19)20(26)13-28-21(27)10-9-14-11-22-16-6-2-1-5-15(14)16/h1-8,11,22H,9-10,12-13H2,(H,23,25). The largest absolute Gasteiger partial charge is 0.456 e. The molecule has 2 aromatic carbocycles. The Hall–Kier alpha value is -3.61. The lowest BCUT2D eigenvalue weighted by Crippen LogP contribution is -2.44. The number of carbonyl (C=O) groups excluding carboxylic acids is 3. The van der Waals surface area contributed by atoms with Crippen LogP contribution in [-0.4, -0.2) is 35.9 Å². The maximum Gasteiger partial charge on any atom is 0.306 e. The molecule has 2 amide bonds. The molecule has 2 N–H and O–H groups in total. The van der Waals surface area contributed by atoms with Crippen LogP contribution in [0.3, 0.4) is 0 Å². The van der Waals surface area contributed by atoms with Gasteiger partial charge >= 0.3 is 5.97 Å². The number of hydrogen-bond donors (Lipinski definition) is 2. The first-order valence-corrected chi connectivity index (χ1v) is 9.01. The molecule has 0 saturated carbocycles. The number of nitrogens with one attached hydrogen (secondary N) is 2. The molecule has 7 heteroatoms. The fraction of sp³-hybridized carbons (Fsp3) is 0.190. The molecule has 0 saturated heterocycles. The topological polar surface area (TPSA) is 91.5 Å². The second-order valence-electron chi connectivity index (χ2n) is 6.57. The third-order valence-electron chi connectivity index (χ3n) is 4.70. The van der Waals surface area contributed by atoms with Crippen LogP contribution in [-0.2, 0) is 25.5 Å². The number of aromatic amines is 1. The summed E-state index contributed by atoms with van der Waals surface area (Å²) in [5, 5.41) is 3.79. The predicted octanol–water partition coefficient (Wildman–Crippen LogP) is 2.63. The summed E-state index contributed by atoms with van der Waals surface area (Å²) in [5.74, 6) is -1.16. The summed E-state index contributed by atoms with van der Waals surface area (Å²) in [6.45, 7) is -0.489. The molecule has 1 aromatic heterocycles. The van der Waals surface area contributed by atoms with Gasteiger partial charge in [0.25, 0.3) is 5.91 Å². The van der Waals surface area contributed by atoms with Crippen LogP contribution in [0.4, 0.5) is 11.4 Å². The number of carbonyl (C=O) groups is 3. The second-order valence-corrected chi connectivity index (χ2v) is 6.57. The lowest BCUT2D eigenvalue weighted by molar-refractivity contribution is -0.147. The smallest absolute Gasteiger partial charge is 0.306 e. The Morgan fingerprint density at radius 2 is 1.86 bits per heavy atom. The number of rotatable bonds is 5. The Kier molecular flexibility index (Phi) is 4.80. The van der Waals surface area contributed by atoms with Crippen molar-refractivity contribution in [1.82, 2.24) is 4.98 Å². The zero-order valence-corrected chi connectivity index (χ0v) is 15.1. The third kappa shape index (κ3) is 3.59. The molecule has 4 rings (SSSR count). The monoisotopic (exact) mass is 377 g/mol. The van der Waals surface area contributed by atoms with E-state index in [0.717, 1.165) is 16.5 Å². The van der Waals surface area contributed by atoms with Crippen molar-refractivity contribution in [3.8, 4) is 0 Å². The molecule has 0 radical (unpaired) electrons. The van der Waals surface area contributed by atoms with E-state index < -0.39 is 18.5 Å². The summed E-state index contributed by atoms with van der Waals surface area (Å²) in [4.78, 5) is 40.9. The van der Waals surface area contributed by atoms with E-state index in [-0.39, 0.29) is 18.9 Å². The molecule has 142 valence electrons. The van der Waals surface area contributed by atoms with Crippen LogP contribution in [0.1, 0.15) is 12.0 Å². The van der Waals surface area contributed by atoms with Crippen molar-refractivity contribution in [1.29, 1.82) is 0 Å². The molecule has 1 aliphatic heterocycles. The van der Waals surface area contributed by atoms with Gasteiger partial charge in [-0.3, -0.25) is 19.3 Å². The van der Waals surface area contributed by atoms with Crippen LogP contribution in [0, 0.1) is 0 Å². The Morgan fingerprint density at radius 3 is 2.75 bits per heavy atom. The van der Waals surface area contributed by atoms with Crippen LogP contribution in [0.5, 0.6) is 0 Å². The van der Waals surface area contributed by atoms with Crippen molar-refractivity contribution in [2.75, 3.05) is 23.4 Å². The van der Waals surface area contributed by atoms with Gasteiger partial charge in [-0.25, -0.2) is 0 Å². The van der Waals surface area contributed by atoms with Crippen LogP contribution >= 0.6 is 0 Å². The SMILES string of the molecule is O=C1CN(C(=O)COC(=O)CCc2c[nH]c3ccccc23)c2ccccc2N1. The molecule has 28 heavy (non-hydrogen) atoms. The molecule has 0 bridgehead atoms. The average molecular weight is 377 g/mol. The fourth-order valence-electron chi connectivity index (χ4n) is 3.32. The lowest BCUT2D eigenvalue weighted by atomic mass is 10.1. The van der Waals surface area contributed by atoms with Crippen molar-refractivity contribution in [2.24, 2.45) is 0 Å². The summed E-state index contributed by atoms with van der Waals surface area (Å²) in [5.41, 5.74) is 3.21. The first kappa shape index (κ1) is 17.8. The van der Waals surface area contributed by atoms with Gasteiger partial charge in [-0.05, 0) is 30.2 Å². The maximum atomic E-state index is 12.5. The number of fused-ring (bicyclic) bond motifs is 2. The van der Waals surface area contributed by atoms with Gasteiger partial charge in [0.1, 0.15) is 6.54 Å². The summed E-state index contributed by atoms with van der Waals surface area (Å²) in [6.07, 6.45) is 2.57. The van der Waals surface area contributed by atoms with Gasteiger partial charge in [0.05, 0.1) is 11.4 Å². The number of ether oxygens (including phenoxy) is 1. The molecule has 0 unspecified atom stereocenters. The van der Waals surface area contributed by atoms with Gasteiger partial charge < -0.3 is 15.0 Å². The molecule has 1 aliphatic rings. The average Bonchev–Trinajstić information content (AvgIpc) is 3.13. The number of para-hydroxylation sites is 3. The molecule has 0 fully saturated rings. The predicted molar refractivity (Wildman–Crippen MR) is 105 cm³/mol. The van der Waals surface area contributed by atoms with Crippen molar-refractivity contribution < 1.29 is 19.1 Å². The van der Waals surface area contributed by atoms with Gasteiger partial charge in [-0.1, -0.05) is 30.3 Å². The Labute approximate surface area is 161 Å². The van der Waals surface area contributed by atoms with E-state index in [2.05, 4.69) is 10.3 Å². The number of amides is 2. The van der Waals surface area contributed by atoms with Crippen LogP contribution in [0.2, 0.25) is 0 Å². The molecule has 2 heterocycles. The highest BCUT2D eigenvalue weighted by molar-refractivity contribution is 6.10. The fourth-order valence-corrected chi connectivity index (χ4v) is 3.32. The number of H-pyrrole nitrogens is 1. The van der Waals surface area contributed by atoms with E-state index in [9.17, 15) is 14.4 Å². The summed E-state index contributed by atoms with van der Waals surface area (Å²) in [6, 6.07) is 14.9. The third-order valence-corrected chi connectivity index (χ3v) is 4.70. The molecule has 3 aromatic rings. The number of benzene rings is 2. The van der Waals surface area contributed by atoms with Crippen LogP contribution < -0.4 is 10.2 Å². The van der Waals surface area contributed by atoms with Crippen molar-refractivity contribution in [3.05, 3.63) is 60.3 Å². The quantitative estimate of drug-likeness (QED) is 0.669. The normalized spacial score (nSPS) is 13.1. The van der Waals surface area contributed by atoms with E-state index in [1.807, 2.05) is 30.5 Å². The number of aryl methyl sites for hydroxylation is 1.